The number of nitrogens with zero attached hydrogens (tertiary/aromatic N) is 2. The van der Waals surface area contributed by atoms with E-state index in [4.69, 9.17) is 22.7 Å². The third-order valence-electron chi connectivity index (χ3n) is 3.00. The van der Waals surface area contributed by atoms with Crippen LogP contribution < -0.4 is 16.0 Å². The second-order valence-corrected chi connectivity index (χ2v) is 4.80. The first-order valence-corrected chi connectivity index (χ1v) is 7.13. The molecule has 0 saturated heterocycles. The zero-order valence-corrected chi connectivity index (χ0v) is 12.8. The van der Waals surface area contributed by atoms with Crippen molar-refractivity contribution in [3.8, 4) is 17.0 Å². The summed E-state index contributed by atoms with van der Waals surface area (Å²) in [4.78, 5) is 12.2. The molecular weight excluding hydrogens is 286 g/mol. The van der Waals surface area contributed by atoms with Gasteiger partial charge in [-0.15, -0.1) is 0 Å². The van der Waals surface area contributed by atoms with E-state index in [0.717, 1.165) is 5.56 Å². The first-order chi connectivity index (χ1) is 10.1. The largest absolute Gasteiger partial charge is 0.493 e. The third kappa shape index (κ3) is 3.11. The van der Waals surface area contributed by atoms with E-state index in [1.54, 1.807) is 6.07 Å². The molecule has 6 heteroatoms. The lowest BCUT2D eigenvalue weighted by atomic mass is 10.1. The number of thiocarbonyl (C=S) groups is 1. The molecule has 0 radical (unpaired) electrons. The molecule has 0 fully saturated rings. The number of nitrogens with two attached hydrogens (primary N) is 1. The monoisotopic (exact) mass is 303 g/mol. The van der Waals surface area contributed by atoms with Gasteiger partial charge in [-0.1, -0.05) is 24.4 Å². The van der Waals surface area contributed by atoms with E-state index < -0.39 is 0 Å². The molecule has 1 aromatic carbocycles. The van der Waals surface area contributed by atoms with Crippen LogP contribution in [0.5, 0.6) is 5.75 Å². The Morgan fingerprint density at radius 1 is 1.38 bits per heavy atom. The molecule has 0 aliphatic heterocycles. The summed E-state index contributed by atoms with van der Waals surface area (Å²) in [5.41, 5.74) is 7.08. The normalized spacial score (nSPS) is 10.4. The highest BCUT2D eigenvalue weighted by Gasteiger charge is 2.14. The molecule has 1 aromatic heterocycles. The molecular formula is C15H17N3O2S. The highest BCUT2D eigenvalue weighted by Crippen LogP contribution is 2.28. The fraction of sp³-hybridized carbons (Fsp3) is 0.267. The minimum Gasteiger partial charge on any atom is -0.493 e. The number of aryl methyl sites for hydroxylation is 1. The van der Waals surface area contributed by atoms with Crippen LogP contribution in [0.25, 0.3) is 11.3 Å². The molecule has 0 aliphatic carbocycles. The fourth-order valence-corrected chi connectivity index (χ4v) is 2.17. The maximum absolute atomic E-state index is 12.1. The van der Waals surface area contributed by atoms with Crippen molar-refractivity contribution in [3.63, 3.8) is 0 Å². The van der Waals surface area contributed by atoms with Gasteiger partial charge in [0, 0.05) is 12.1 Å². The van der Waals surface area contributed by atoms with Gasteiger partial charge in [-0.05, 0) is 32.0 Å². The smallest absolute Gasteiger partial charge is 0.277 e. The minimum atomic E-state index is -0.275. The molecule has 5 nitrogen and oxygen atoms in total. The van der Waals surface area contributed by atoms with Crippen LogP contribution in [0.2, 0.25) is 0 Å². The molecule has 0 atom stereocenters. The Morgan fingerprint density at radius 3 is 2.71 bits per heavy atom. The molecule has 0 aliphatic rings. The van der Waals surface area contributed by atoms with Gasteiger partial charge >= 0.3 is 0 Å². The minimum absolute atomic E-state index is 0.0692. The van der Waals surface area contributed by atoms with Crippen molar-refractivity contribution < 1.29 is 4.74 Å². The van der Waals surface area contributed by atoms with Gasteiger partial charge in [0.1, 0.15) is 10.7 Å². The highest BCUT2D eigenvalue weighted by atomic mass is 32.1. The van der Waals surface area contributed by atoms with Gasteiger partial charge in [0.25, 0.3) is 5.56 Å². The van der Waals surface area contributed by atoms with E-state index in [-0.39, 0.29) is 10.5 Å². The Labute approximate surface area is 128 Å². The molecule has 2 aromatic rings. The maximum atomic E-state index is 12.1. The molecule has 0 unspecified atom stereocenters. The van der Waals surface area contributed by atoms with E-state index in [0.29, 0.717) is 30.2 Å². The molecule has 0 amide bonds. The number of benzene rings is 1. The van der Waals surface area contributed by atoms with E-state index in [1.807, 2.05) is 38.1 Å². The fourth-order valence-electron chi connectivity index (χ4n) is 2.02. The van der Waals surface area contributed by atoms with E-state index >= 15 is 0 Å². The van der Waals surface area contributed by atoms with Crippen molar-refractivity contribution in [2.45, 2.75) is 20.4 Å². The predicted octanol–water partition coefficient (Wildman–Crippen LogP) is 1.96. The first kappa shape index (κ1) is 15.2. The zero-order chi connectivity index (χ0) is 15.4. The van der Waals surface area contributed by atoms with Crippen LogP contribution in [0.15, 0.2) is 35.1 Å². The van der Waals surface area contributed by atoms with E-state index in [9.17, 15) is 4.79 Å². The SMILES string of the molecule is CCOc1ccccc1-c1cc(C(N)=S)c(=O)n(CC)n1. The summed E-state index contributed by atoms with van der Waals surface area (Å²) >= 11 is 4.96. The third-order valence-corrected chi connectivity index (χ3v) is 3.22. The summed E-state index contributed by atoms with van der Waals surface area (Å²) in [5.74, 6) is 0.711. The Balaban J connectivity index is 2.67. The molecule has 0 saturated carbocycles. The second kappa shape index (κ2) is 6.49. The molecule has 2 rings (SSSR count). The lowest BCUT2D eigenvalue weighted by Crippen LogP contribution is -2.30. The van der Waals surface area contributed by atoms with Crippen LogP contribution in [0.3, 0.4) is 0 Å². The number of aromatic nitrogens is 2. The Bertz CT molecular complexity index is 725. The standard InChI is InChI=1S/C15H17N3O2S/c1-3-18-15(19)11(14(16)21)9-12(17-18)10-7-5-6-8-13(10)20-4-2/h5-9H,3-4H2,1-2H3,(H2,16,21). The molecule has 1 heterocycles. The number of ether oxygens (including phenoxy) is 1. The van der Waals surface area contributed by atoms with Gasteiger partial charge in [0.15, 0.2) is 0 Å². The van der Waals surface area contributed by atoms with Crippen LogP contribution in [-0.2, 0) is 6.54 Å². The zero-order valence-electron chi connectivity index (χ0n) is 12.0. The maximum Gasteiger partial charge on any atom is 0.277 e. The molecule has 0 bridgehead atoms. The van der Waals surface area contributed by atoms with Crippen molar-refractivity contribution in [1.29, 1.82) is 0 Å². The van der Waals surface area contributed by atoms with E-state index in [1.165, 1.54) is 4.68 Å². The number of hydrogen-bond donors (Lipinski definition) is 1. The van der Waals surface area contributed by atoms with E-state index in [2.05, 4.69) is 5.10 Å². The summed E-state index contributed by atoms with van der Waals surface area (Å²) in [5, 5.41) is 4.36. The van der Waals surface area contributed by atoms with Gasteiger partial charge in [-0.2, -0.15) is 5.10 Å². The average Bonchev–Trinajstić information content (AvgIpc) is 2.48. The van der Waals surface area contributed by atoms with Crippen LogP contribution >= 0.6 is 12.2 Å². The van der Waals surface area contributed by atoms with Crippen molar-refractivity contribution in [3.05, 3.63) is 46.2 Å². The van der Waals surface area contributed by atoms with Gasteiger partial charge in [-0.3, -0.25) is 4.79 Å². The van der Waals surface area contributed by atoms with Crippen LogP contribution in [0.1, 0.15) is 19.4 Å². The summed E-state index contributed by atoms with van der Waals surface area (Å²) < 4.78 is 6.96. The summed E-state index contributed by atoms with van der Waals surface area (Å²) in [6.07, 6.45) is 0. The van der Waals surface area contributed by atoms with Gasteiger partial charge in [0.2, 0.25) is 0 Å². The lowest BCUT2D eigenvalue weighted by Gasteiger charge is -2.12. The first-order valence-electron chi connectivity index (χ1n) is 6.72. The van der Waals surface area contributed by atoms with Gasteiger partial charge < -0.3 is 10.5 Å². The van der Waals surface area contributed by atoms with Crippen molar-refractivity contribution >= 4 is 17.2 Å². The highest BCUT2D eigenvalue weighted by molar-refractivity contribution is 7.80. The topological polar surface area (TPSA) is 70.1 Å². The summed E-state index contributed by atoms with van der Waals surface area (Å²) in [7, 11) is 0. The van der Waals surface area contributed by atoms with Crippen molar-refractivity contribution in [1.82, 2.24) is 9.78 Å². The van der Waals surface area contributed by atoms with Crippen LogP contribution in [0, 0.1) is 0 Å². The molecule has 2 N–H and O–H groups in total. The van der Waals surface area contributed by atoms with Crippen LogP contribution in [0.4, 0.5) is 0 Å². The van der Waals surface area contributed by atoms with Crippen molar-refractivity contribution in [2.75, 3.05) is 6.61 Å². The molecule has 110 valence electrons. The summed E-state index contributed by atoms with van der Waals surface area (Å²) in [6, 6.07) is 9.15. The van der Waals surface area contributed by atoms with Crippen LogP contribution in [-0.4, -0.2) is 21.4 Å². The Morgan fingerprint density at radius 2 is 2.10 bits per heavy atom. The predicted molar refractivity (Wildman–Crippen MR) is 86.7 cm³/mol. The number of rotatable bonds is 5. The number of hydrogen-bond acceptors (Lipinski definition) is 4. The summed E-state index contributed by atoms with van der Waals surface area (Å²) in [6.45, 7) is 4.75. The van der Waals surface area contributed by atoms with Crippen molar-refractivity contribution in [2.24, 2.45) is 5.73 Å². The molecule has 21 heavy (non-hydrogen) atoms. The Hall–Kier alpha value is -2.21. The second-order valence-electron chi connectivity index (χ2n) is 4.36. The van der Waals surface area contributed by atoms with Gasteiger partial charge in [0.05, 0.1) is 17.9 Å². The molecule has 0 spiro atoms. The average molecular weight is 303 g/mol. The van der Waals surface area contributed by atoms with Gasteiger partial charge in [-0.25, -0.2) is 4.68 Å². The lowest BCUT2D eigenvalue weighted by molar-refractivity contribution is 0.341. The number of para-hydroxylation sites is 1. The quantitative estimate of drug-likeness (QED) is 0.855. The Kier molecular flexibility index (Phi) is 4.70.